The van der Waals surface area contributed by atoms with Gasteiger partial charge in [-0.05, 0) is 35.2 Å². The van der Waals surface area contributed by atoms with Crippen molar-refractivity contribution in [3.63, 3.8) is 0 Å². The van der Waals surface area contributed by atoms with Crippen LogP contribution >= 0.6 is 15.9 Å². The van der Waals surface area contributed by atoms with Crippen LogP contribution < -0.4 is 0 Å². The van der Waals surface area contributed by atoms with E-state index in [1.165, 1.54) is 6.42 Å². The Morgan fingerprint density at radius 2 is 2.47 bits per heavy atom. The number of hydrogen-bond donors (Lipinski definition) is 0. The molecule has 0 saturated heterocycles. The molecule has 80 valence electrons. The summed E-state index contributed by atoms with van der Waals surface area (Å²) in [5.74, 6) is 0. The van der Waals surface area contributed by atoms with Crippen LogP contribution in [-0.4, -0.2) is 22.0 Å². The number of halogens is 1. The van der Waals surface area contributed by atoms with E-state index in [-0.39, 0.29) is 5.60 Å². The maximum atomic E-state index is 5.91. The van der Waals surface area contributed by atoms with E-state index in [1.54, 1.807) is 0 Å². The average Bonchev–Trinajstić information content (AvgIpc) is 2.64. The molecule has 1 aromatic heterocycles. The first kappa shape index (κ1) is 9.60. The quantitative estimate of drug-likeness (QED) is 0.733. The van der Waals surface area contributed by atoms with Crippen molar-refractivity contribution in [2.24, 2.45) is 0 Å². The van der Waals surface area contributed by atoms with Crippen LogP contribution in [0.25, 0.3) is 0 Å². The third-order valence-electron chi connectivity index (χ3n) is 3.43. The third kappa shape index (κ3) is 1.47. The van der Waals surface area contributed by atoms with E-state index < -0.39 is 0 Å². The molecular weight excluding hydrogens is 256 g/mol. The normalized spacial score (nSPS) is 34.3. The summed E-state index contributed by atoms with van der Waals surface area (Å²) in [7, 11) is 0. The highest BCUT2D eigenvalue weighted by Gasteiger charge is 2.49. The summed E-state index contributed by atoms with van der Waals surface area (Å²) < 4.78 is 8.99. The number of hydrogen-bond acceptors (Lipinski definition) is 2. The van der Waals surface area contributed by atoms with Crippen LogP contribution in [0.5, 0.6) is 0 Å². The topological polar surface area (TPSA) is 27.1 Å². The van der Waals surface area contributed by atoms with Crippen molar-refractivity contribution in [2.75, 3.05) is 6.61 Å². The summed E-state index contributed by atoms with van der Waals surface area (Å²) in [6.07, 6.45) is 11.5. The number of aromatic nitrogens is 2. The van der Waals surface area contributed by atoms with Gasteiger partial charge < -0.3 is 4.74 Å². The Balaban J connectivity index is 1.86. The molecule has 0 bridgehead atoms. The van der Waals surface area contributed by atoms with Gasteiger partial charge in [-0.25, -0.2) is 0 Å². The lowest BCUT2D eigenvalue weighted by Crippen LogP contribution is -2.51. The molecule has 2 aliphatic rings. The smallest absolute Gasteiger partial charge is 0.0944 e. The zero-order valence-corrected chi connectivity index (χ0v) is 9.98. The second kappa shape index (κ2) is 3.46. The van der Waals surface area contributed by atoms with Crippen LogP contribution in [0.4, 0.5) is 0 Å². The Labute approximate surface area is 97.2 Å². The van der Waals surface area contributed by atoms with E-state index in [0.717, 1.165) is 23.9 Å². The predicted molar refractivity (Wildman–Crippen MR) is 60.6 cm³/mol. The summed E-state index contributed by atoms with van der Waals surface area (Å²) in [4.78, 5) is 0. The molecule has 0 amide bonds. The summed E-state index contributed by atoms with van der Waals surface area (Å²) in [5.41, 5.74) is 0.0280. The molecule has 1 aliphatic heterocycles. The Morgan fingerprint density at radius 1 is 1.53 bits per heavy atom. The Kier molecular flexibility index (Phi) is 2.21. The van der Waals surface area contributed by atoms with Gasteiger partial charge in [0.2, 0.25) is 0 Å². The lowest BCUT2D eigenvalue weighted by Gasteiger charge is -2.49. The fourth-order valence-electron chi connectivity index (χ4n) is 2.48. The Bertz CT molecular complexity index is 401. The van der Waals surface area contributed by atoms with E-state index in [0.29, 0.717) is 6.04 Å². The summed E-state index contributed by atoms with van der Waals surface area (Å²) >= 11 is 3.43. The summed E-state index contributed by atoms with van der Waals surface area (Å²) in [5, 5.41) is 4.35. The van der Waals surface area contributed by atoms with E-state index in [9.17, 15) is 0 Å². The number of nitrogens with zero attached hydrogens (tertiary/aromatic N) is 2. The van der Waals surface area contributed by atoms with Crippen LogP contribution in [0.2, 0.25) is 0 Å². The number of rotatable bonds is 1. The van der Waals surface area contributed by atoms with Crippen LogP contribution in [0.3, 0.4) is 0 Å². The van der Waals surface area contributed by atoms with Crippen LogP contribution in [-0.2, 0) is 4.74 Å². The van der Waals surface area contributed by atoms with Gasteiger partial charge in [0.1, 0.15) is 0 Å². The lowest BCUT2D eigenvalue weighted by molar-refractivity contribution is -0.136. The molecule has 3 rings (SSSR count). The van der Waals surface area contributed by atoms with Gasteiger partial charge in [-0.15, -0.1) is 0 Å². The van der Waals surface area contributed by atoms with E-state index in [4.69, 9.17) is 4.74 Å². The van der Waals surface area contributed by atoms with Gasteiger partial charge in [-0.2, -0.15) is 5.10 Å². The fraction of sp³-hybridized carbons (Fsp3) is 0.545. The van der Waals surface area contributed by atoms with Crippen molar-refractivity contribution in [1.82, 2.24) is 9.78 Å². The molecule has 1 fully saturated rings. The molecule has 0 aromatic carbocycles. The van der Waals surface area contributed by atoms with Crippen LogP contribution in [0.15, 0.2) is 29.0 Å². The zero-order chi connectivity index (χ0) is 10.3. The van der Waals surface area contributed by atoms with E-state index in [1.807, 2.05) is 17.1 Å². The Morgan fingerprint density at radius 3 is 3.00 bits per heavy atom. The second-order valence-electron chi connectivity index (χ2n) is 4.24. The van der Waals surface area contributed by atoms with Crippen LogP contribution in [0.1, 0.15) is 25.3 Å². The lowest BCUT2D eigenvalue weighted by atomic mass is 9.71. The van der Waals surface area contributed by atoms with Crippen LogP contribution in [0, 0.1) is 0 Å². The molecule has 0 unspecified atom stereocenters. The molecule has 2 heterocycles. The minimum Gasteiger partial charge on any atom is -0.368 e. The van der Waals surface area contributed by atoms with Crippen molar-refractivity contribution in [1.29, 1.82) is 0 Å². The molecule has 0 radical (unpaired) electrons. The van der Waals surface area contributed by atoms with E-state index >= 15 is 0 Å². The molecule has 4 heteroatoms. The maximum absolute atomic E-state index is 5.91. The standard InChI is InChI=1S/C11H13BrN2O/c12-9-7-13-14(8-9)10-3-5-11(10)4-1-2-6-15-11/h1-2,7-8,10H,3-6H2/t10-,11+/m1/s1. The highest BCUT2D eigenvalue weighted by atomic mass is 79.9. The first-order valence-corrected chi connectivity index (χ1v) is 6.08. The first-order chi connectivity index (χ1) is 7.30. The largest absolute Gasteiger partial charge is 0.368 e. The minimum absolute atomic E-state index is 0.0280. The van der Waals surface area contributed by atoms with Gasteiger partial charge in [0.15, 0.2) is 0 Å². The Hall–Kier alpha value is -0.610. The molecule has 15 heavy (non-hydrogen) atoms. The monoisotopic (exact) mass is 268 g/mol. The van der Waals surface area contributed by atoms with Crippen molar-refractivity contribution in [3.05, 3.63) is 29.0 Å². The van der Waals surface area contributed by atoms with Crippen molar-refractivity contribution in [2.45, 2.75) is 30.9 Å². The predicted octanol–water partition coefficient (Wildman–Crippen LogP) is 2.70. The molecule has 0 N–H and O–H groups in total. The molecule has 2 atom stereocenters. The molecule has 3 nitrogen and oxygen atoms in total. The van der Waals surface area contributed by atoms with Gasteiger partial charge >= 0.3 is 0 Å². The van der Waals surface area contributed by atoms with Gasteiger partial charge in [-0.3, -0.25) is 4.68 Å². The maximum Gasteiger partial charge on any atom is 0.0944 e. The van der Waals surface area contributed by atoms with E-state index in [2.05, 4.69) is 33.2 Å². The molecule has 1 aromatic rings. The van der Waals surface area contributed by atoms with Crippen molar-refractivity contribution < 1.29 is 4.74 Å². The van der Waals surface area contributed by atoms with Gasteiger partial charge in [0.25, 0.3) is 0 Å². The molecule has 1 aliphatic carbocycles. The van der Waals surface area contributed by atoms with Crippen molar-refractivity contribution >= 4 is 15.9 Å². The molecular formula is C11H13BrN2O. The average molecular weight is 269 g/mol. The van der Waals surface area contributed by atoms with Gasteiger partial charge in [0.05, 0.1) is 28.9 Å². The van der Waals surface area contributed by atoms with Gasteiger partial charge in [-0.1, -0.05) is 12.2 Å². The van der Waals surface area contributed by atoms with Gasteiger partial charge in [0, 0.05) is 6.20 Å². The highest BCUT2D eigenvalue weighted by molar-refractivity contribution is 9.10. The summed E-state index contributed by atoms with van der Waals surface area (Å²) in [6, 6.07) is 0.411. The number of ether oxygens (including phenoxy) is 1. The summed E-state index contributed by atoms with van der Waals surface area (Å²) in [6.45, 7) is 0.749. The second-order valence-corrected chi connectivity index (χ2v) is 5.16. The molecule has 1 spiro atoms. The minimum atomic E-state index is 0.0280. The fourth-order valence-corrected chi connectivity index (χ4v) is 2.79. The SMILES string of the molecule is Brc1cnn([C@@H]2CC[C@@]23CC=CCO3)c1. The van der Waals surface area contributed by atoms with Crippen molar-refractivity contribution in [3.8, 4) is 0 Å². The zero-order valence-electron chi connectivity index (χ0n) is 8.40. The third-order valence-corrected chi connectivity index (χ3v) is 3.84. The molecule has 1 saturated carbocycles. The first-order valence-electron chi connectivity index (χ1n) is 5.29. The highest BCUT2D eigenvalue weighted by Crippen LogP contribution is 2.48.